The minimum Gasteiger partial charge on any atom is -0.454 e. The van der Waals surface area contributed by atoms with E-state index in [0.29, 0.717) is 36.0 Å². The molecule has 1 saturated carbocycles. The first-order valence-electron chi connectivity index (χ1n) is 14.5. The molecule has 0 radical (unpaired) electrons. The Balaban J connectivity index is 1.08. The maximum atomic E-state index is 15.2. The van der Waals surface area contributed by atoms with E-state index in [2.05, 4.69) is 31.4 Å². The highest BCUT2D eigenvalue weighted by molar-refractivity contribution is 6.16. The second-order valence-corrected chi connectivity index (χ2v) is 11.4. The quantitative estimate of drug-likeness (QED) is 0.217. The number of halogens is 2. The number of anilines is 3. The number of piperidine rings is 1. The van der Waals surface area contributed by atoms with Crippen LogP contribution in [0.4, 0.5) is 26.0 Å². The average Bonchev–Trinajstić information content (AvgIpc) is 3.73. The highest BCUT2D eigenvalue weighted by Gasteiger charge is 2.56. The van der Waals surface area contributed by atoms with Crippen LogP contribution in [0.3, 0.4) is 0 Å². The van der Waals surface area contributed by atoms with Gasteiger partial charge in [0.1, 0.15) is 22.8 Å². The lowest BCUT2D eigenvalue weighted by Crippen LogP contribution is -2.36. The first kappa shape index (κ1) is 29.0. The molecule has 2 fully saturated rings. The number of carbonyl (C=O) groups is 2. The number of nitrogens with zero attached hydrogens (tertiary/aromatic N) is 2. The fraction of sp³-hybridized carbons (Fsp3) is 0.387. The summed E-state index contributed by atoms with van der Waals surface area (Å²) in [4.78, 5) is 32.6. The number of carbonyl (C=O) groups excluding carboxylic acids is 2. The molecule has 1 aliphatic carbocycles. The molecule has 0 bridgehead atoms. The molecule has 3 aromatic rings. The van der Waals surface area contributed by atoms with Crippen LogP contribution >= 0.6 is 0 Å². The van der Waals surface area contributed by atoms with E-state index >= 15 is 4.39 Å². The third-order valence-electron chi connectivity index (χ3n) is 8.49. The summed E-state index contributed by atoms with van der Waals surface area (Å²) in [7, 11) is 0. The highest BCUT2D eigenvalue weighted by Crippen LogP contribution is 2.48. The van der Waals surface area contributed by atoms with E-state index in [1.165, 1.54) is 36.4 Å². The molecular formula is C31H34F2N6O4. The van der Waals surface area contributed by atoms with Crippen LogP contribution in [0, 0.1) is 23.0 Å². The number of aromatic nitrogens is 1. The summed E-state index contributed by atoms with van der Waals surface area (Å²) < 4.78 is 34.4. The molecule has 1 saturated heterocycles. The predicted molar refractivity (Wildman–Crippen MR) is 156 cm³/mol. The summed E-state index contributed by atoms with van der Waals surface area (Å²) in [6.45, 7) is 2.99. The van der Waals surface area contributed by atoms with Gasteiger partial charge in [0.05, 0.1) is 11.6 Å². The number of ether oxygens (including phenoxy) is 1. The number of hydrogen-bond donors (Lipinski definition) is 5. The van der Waals surface area contributed by atoms with Gasteiger partial charge in [-0.05, 0) is 93.6 Å². The van der Waals surface area contributed by atoms with Crippen LogP contribution < -0.4 is 26.2 Å². The molecule has 5 N–H and O–H groups in total. The van der Waals surface area contributed by atoms with Crippen molar-refractivity contribution in [1.29, 1.82) is 0 Å². The minimum absolute atomic E-state index is 0.0155. The molecule has 10 nitrogen and oxygen atoms in total. The summed E-state index contributed by atoms with van der Waals surface area (Å²) in [6, 6.07) is 11.0. The van der Waals surface area contributed by atoms with Gasteiger partial charge < -0.3 is 30.8 Å². The summed E-state index contributed by atoms with van der Waals surface area (Å²) >= 11 is 0. The molecule has 6 rings (SSSR count). The third kappa shape index (κ3) is 6.31. The molecule has 2 aliphatic heterocycles. The number of amides is 2. The van der Waals surface area contributed by atoms with Crippen LogP contribution in [0.25, 0.3) is 0 Å². The Kier molecular flexibility index (Phi) is 8.24. The van der Waals surface area contributed by atoms with Crippen molar-refractivity contribution in [3.63, 3.8) is 0 Å². The molecule has 12 heteroatoms. The zero-order chi connectivity index (χ0) is 30.0. The second kappa shape index (κ2) is 12.2. The lowest BCUT2D eigenvalue weighted by molar-refractivity contribution is -0.131. The Morgan fingerprint density at radius 3 is 2.37 bits per heavy atom. The van der Waals surface area contributed by atoms with Gasteiger partial charge in [0, 0.05) is 36.8 Å². The molecule has 0 spiro atoms. The summed E-state index contributed by atoms with van der Waals surface area (Å²) in [5.41, 5.74) is 6.47. The van der Waals surface area contributed by atoms with Gasteiger partial charge in [0.15, 0.2) is 11.6 Å². The Labute approximate surface area is 247 Å². The highest BCUT2D eigenvalue weighted by atomic mass is 19.1. The second-order valence-electron chi connectivity index (χ2n) is 11.4. The number of rotatable bonds is 10. The summed E-state index contributed by atoms with van der Waals surface area (Å²) in [6.07, 6.45) is 5.05. The van der Waals surface area contributed by atoms with Gasteiger partial charge in [-0.2, -0.15) is 0 Å². The Hall–Kier alpha value is -4.13. The number of pyridine rings is 1. The van der Waals surface area contributed by atoms with Gasteiger partial charge >= 0.3 is 0 Å². The molecule has 226 valence electrons. The van der Waals surface area contributed by atoms with Crippen LogP contribution in [0.5, 0.6) is 11.5 Å². The number of likely N-dealkylation sites (tertiary alicyclic amines) is 1. The van der Waals surface area contributed by atoms with Crippen molar-refractivity contribution >= 4 is 29.0 Å². The predicted octanol–water partition coefficient (Wildman–Crippen LogP) is 4.58. The topological polar surface area (TPSA) is 128 Å². The normalized spacial score (nSPS) is 19.3. The molecule has 43 heavy (non-hydrogen) atoms. The largest absolute Gasteiger partial charge is 0.454 e. The van der Waals surface area contributed by atoms with Crippen molar-refractivity contribution in [3.8, 4) is 11.5 Å². The van der Waals surface area contributed by atoms with E-state index in [4.69, 9.17) is 4.74 Å². The smallest absolute Gasteiger partial charge is 0.240 e. The third-order valence-corrected chi connectivity index (χ3v) is 8.49. The number of hydrazine groups is 1. The zero-order valence-corrected chi connectivity index (χ0v) is 23.5. The molecule has 2 aromatic carbocycles. The van der Waals surface area contributed by atoms with E-state index in [-0.39, 0.29) is 24.1 Å². The van der Waals surface area contributed by atoms with Crippen molar-refractivity contribution in [1.82, 2.24) is 15.3 Å². The number of aliphatic hydroxyl groups is 1. The number of hydrogen-bond acceptors (Lipinski definition) is 8. The lowest BCUT2D eigenvalue weighted by atomic mass is 9.97. The molecule has 1 aromatic heterocycles. The number of nitrogens with one attached hydrogen (secondary N) is 4. The van der Waals surface area contributed by atoms with Crippen LogP contribution in [0.2, 0.25) is 0 Å². The fourth-order valence-electron chi connectivity index (χ4n) is 5.63. The first-order chi connectivity index (χ1) is 20.8. The molecule has 3 heterocycles. The number of benzene rings is 2. The SMILES string of the molecule is O=C(Nc1ccc(F)cc1)C1(C(=O)Nc2ccc(Oc3ccnc4c3C(CCN3CCC(CO)CC3)NN4)c(F)c2)CC1. The minimum atomic E-state index is -1.26. The van der Waals surface area contributed by atoms with Gasteiger partial charge in [-0.3, -0.25) is 9.59 Å². The van der Waals surface area contributed by atoms with Crippen molar-refractivity contribution in [2.75, 3.05) is 42.3 Å². The summed E-state index contributed by atoms with van der Waals surface area (Å²) in [5.74, 6) is -0.675. The number of fused-ring (bicyclic) bond motifs is 1. The first-order valence-corrected chi connectivity index (χ1v) is 14.5. The van der Waals surface area contributed by atoms with Crippen LogP contribution in [0.1, 0.15) is 43.7 Å². The Morgan fingerprint density at radius 1 is 1.00 bits per heavy atom. The van der Waals surface area contributed by atoms with Gasteiger partial charge in [-0.1, -0.05) is 0 Å². The Bertz CT molecular complexity index is 1490. The van der Waals surface area contributed by atoms with Gasteiger partial charge in [-0.15, -0.1) is 0 Å². The molecule has 1 atom stereocenters. The molecule has 1 unspecified atom stereocenters. The number of aliphatic hydroxyl groups excluding tert-OH is 1. The van der Waals surface area contributed by atoms with Crippen molar-refractivity contribution in [2.24, 2.45) is 11.3 Å². The van der Waals surface area contributed by atoms with Crippen LogP contribution in [0.15, 0.2) is 54.7 Å². The van der Waals surface area contributed by atoms with E-state index in [0.717, 1.165) is 50.5 Å². The maximum Gasteiger partial charge on any atom is 0.240 e. The van der Waals surface area contributed by atoms with Crippen molar-refractivity contribution in [2.45, 2.75) is 38.1 Å². The zero-order valence-electron chi connectivity index (χ0n) is 23.5. The Morgan fingerprint density at radius 2 is 1.70 bits per heavy atom. The standard InChI is InChI=1S/C31H34F2N6O4/c32-20-1-3-21(4-2-20)35-29(41)31(11-12-31)30(42)36-22-5-6-25(23(33)17-22)43-26-7-13-34-28-27(26)24(37-38-28)10-16-39-14-8-19(18-40)9-15-39/h1-7,13,17,19,24,37,40H,8-12,14-16,18H2,(H,34,38)(H,35,41)(H,36,42). The van der Waals surface area contributed by atoms with Gasteiger partial charge in [0.2, 0.25) is 11.8 Å². The average molecular weight is 593 g/mol. The van der Waals surface area contributed by atoms with Crippen molar-refractivity contribution < 1.29 is 28.2 Å². The van der Waals surface area contributed by atoms with Gasteiger partial charge in [0.25, 0.3) is 0 Å². The van der Waals surface area contributed by atoms with E-state index in [1.54, 1.807) is 12.3 Å². The molecular weight excluding hydrogens is 558 g/mol. The van der Waals surface area contributed by atoms with E-state index in [1.807, 2.05) is 0 Å². The molecule has 2 amide bonds. The monoisotopic (exact) mass is 592 g/mol. The summed E-state index contributed by atoms with van der Waals surface area (Å²) in [5, 5.41) is 14.7. The van der Waals surface area contributed by atoms with Crippen LogP contribution in [-0.4, -0.2) is 53.0 Å². The fourth-order valence-corrected chi connectivity index (χ4v) is 5.63. The van der Waals surface area contributed by atoms with E-state index < -0.39 is 28.9 Å². The van der Waals surface area contributed by atoms with E-state index in [9.17, 15) is 19.1 Å². The van der Waals surface area contributed by atoms with Gasteiger partial charge in [-0.25, -0.2) is 19.2 Å². The van der Waals surface area contributed by atoms with Crippen LogP contribution in [-0.2, 0) is 9.59 Å². The van der Waals surface area contributed by atoms with Crippen molar-refractivity contribution in [3.05, 3.63) is 71.9 Å². The maximum absolute atomic E-state index is 15.2. The molecule has 3 aliphatic rings. The lowest BCUT2D eigenvalue weighted by Gasteiger charge is -2.31.